The maximum atomic E-state index is 5.53. The molecule has 0 saturated heterocycles. The summed E-state index contributed by atoms with van der Waals surface area (Å²) in [7, 11) is 1.73. The molecule has 0 fully saturated rings. The van der Waals surface area contributed by atoms with Gasteiger partial charge >= 0.3 is 0 Å². The summed E-state index contributed by atoms with van der Waals surface area (Å²) in [6, 6.07) is 6.20. The largest absolute Gasteiger partial charge is 0.496 e. The lowest BCUT2D eigenvalue weighted by atomic mass is 9.91. The van der Waals surface area contributed by atoms with Crippen LogP contribution in [0.25, 0.3) is 0 Å². The quantitative estimate of drug-likeness (QED) is 0.805. The lowest BCUT2D eigenvalue weighted by Crippen LogP contribution is -2.04. The van der Waals surface area contributed by atoms with Crippen LogP contribution in [0.3, 0.4) is 0 Å². The van der Waals surface area contributed by atoms with Crippen LogP contribution in [0.2, 0.25) is 0 Å². The molecule has 2 nitrogen and oxygen atoms in total. The summed E-state index contributed by atoms with van der Waals surface area (Å²) in [5.74, 6) is 1.52. The van der Waals surface area contributed by atoms with E-state index in [0.717, 1.165) is 25.1 Å². The molecule has 0 saturated carbocycles. The molecule has 0 radical (unpaired) electrons. The first-order valence-corrected chi connectivity index (χ1v) is 5.54. The highest BCUT2D eigenvalue weighted by atomic mass is 16.5. The van der Waals surface area contributed by atoms with Gasteiger partial charge in [0.2, 0.25) is 0 Å². The lowest BCUT2D eigenvalue weighted by molar-refractivity contribution is 0.404. The molecule has 0 aliphatic carbocycles. The number of rotatable bonds is 5. The summed E-state index contributed by atoms with van der Waals surface area (Å²) in [5, 5.41) is 0. The summed E-state index contributed by atoms with van der Waals surface area (Å²) in [6.07, 6.45) is 2.19. The SMILES string of the molecule is COc1cccc(C)c1C(C)CCCN. The van der Waals surface area contributed by atoms with Gasteiger partial charge in [-0.15, -0.1) is 0 Å². The third-order valence-electron chi connectivity index (χ3n) is 2.84. The Hall–Kier alpha value is -1.02. The van der Waals surface area contributed by atoms with E-state index < -0.39 is 0 Å². The molecule has 0 amide bonds. The van der Waals surface area contributed by atoms with Gasteiger partial charge in [0.1, 0.15) is 5.75 Å². The number of nitrogens with two attached hydrogens (primary N) is 1. The van der Waals surface area contributed by atoms with E-state index in [1.165, 1.54) is 11.1 Å². The fraction of sp³-hybridized carbons (Fsp3) is 0.538. The molecule has 1 rings (SSSR count). The third-order valence-corrected chi connectivity index (χ3v) is 2.84. The first kappa shape index (κ1) is 12.1. The fourth-order valence-electron chi connectivity index (χ4n) is 2.03. The van der Waals surface area contributed by atoms with Gasteiger partial charge in [0.25, 0.3) is 0 Å². The highest BCUT2D eigenvalue weighted by molar-refractivity contribution is 5.41. The van der Waals surface area contributed by atoms with Gasteiger partial charge < -0.3 is 10.5 Å². The van der Waals surface area contributed by atoms with E-state index in [-0.39, 0.29) is 0 Å². The Balaban J connectivity index is 2.90. The lowest BCUT2D eigenvalue weighted by Gasteiger charge is -2.17. The van der Waals surface area contributed by atoms with Crippen LogP contribution in [0.5, 0.6) is 5.75 Å². The molecule has 0 heterocycles. The van der Waals surface area contributed by atoms with Gasteiger partial charge in [0, 0.05) is 0 Å². The Labute approximate surface area is 92.4 Å². The monoisotopic (exact) mass is 207 g/mol. The van der Waals surface area contributed by atoms with E-state index in [1.807, 2.05) is 12.1 Å². The van der Waals surface area contributed by atoms with Crippen molar-refractivity contribution in [3.8, 4) is 5.75 Å². The molecule has 0 spiro atoms. The molecular formula is C13H21NO. The van der Waals surface area contributed by atoms with Gasteiger partial charge in [0.15, 0.2) is 0 Å². The van der Waals surface area contributed by atoms with E-state index in [4.69, 9.17) is 10.5 Å². The van der Waals surface area contributed by atoms with Crippen molar-refractivity contribution < 1.29 is 4.74 Å². The van der Waals surface area contributed by atoms with Crippen molar-refractivity contribution in [3.63, 3.8) is 0 Å². The molecule has 15 heavy (non-hydrogen) atoms. The zero-order valence-electron chi connectivity index (χ0n) is 9.92. The van der Waals surface area contributed by atoms with Gasteiger partial charge in [-0.1, -0.05) is 19.1 Å². The Bertz CT molecular complexity index is 309. The second-order valence-corrected chi connectivity index (χ2v) is 4.02. The summed E-state index contributed by atoms with van der Waals surface area (Å²) in [5.41, 5.74) is 8.16. The van der Waals surface area contributed by atoms with E-state index in [2.05, 4.69) is 19.9 Å². The minimum Gasteiger partial charge on any atom is -0.496 e. The first-order chi connectivity index (χ1) is 7.20. The Morgan fingerprint density at radius 3 is 2.73 bits per heavy atom. The highest BCUT2D eigenvalue weighted by Gasteiger charge is 2.13. The molecule has 2 heteroatoms. The number of ether oxygens (including phenoxy) is 1. The van der Waals surface area contributed by atoms with Crippen molar-refractivity contribution in [2.24, 2.45) is 5.73 Å². The normalized spacial score (nSPS) is 12.5. The van der Waals surface area contributed by atoms with Crippen LogP contribution in [0.4, 0.5) is 0 Å². The van der Waals surface area contributed by atoms with Gasteiger partial charge in [-0.05, 0) is 49.4 Å². The summed E-state index contributed by atoms with van der Waals surface area (Å²) in [6.45, 7) is 5.13. The van der Waals surface area contributed by atoms with Crippen LogP contribution < -0.4 is 10.5 Å². The van der Waals surface area contributed by atoms with Crippen molar-refractivity contribution in [1.82, 2.24) is 0 Å². The average Bonchev–Trinajstić information content (AvgIpc) is 2.25. The van der Waals surface area contributed by atoms with Gasteiger partial charge in [0.05, 0.1) is 7.11 Å². The van der Waals surface area contributed by atoms with Crippen molar-refractivity contribution >= 4 is 0 Å². The summed E-state index contributed by atoms with van der Waals surface area (Å²) < 4.78 is 5.40. The average molecular weight is 207 g/mol. The van der Waals surface area contributed by atoms with E-state index >= 15 is 0 Å². The number of aryl methyl sites for hydroxylation is 1. The maximum absolute atomic E-state index is 5.53. The maximum Gasteiger partial charge on any atom is 0.122 e. The molecule has 0 aliphatic rings. The van der Waals surface area contributed by atoms with Crippen molar-refractivity contribution in [3.05, 3.63) is 29.3 Å². The van der Waals surface area contributed by atoms with Crippen LogP contribution in [-0.4, -0.2) is 13.7 Å². The van der Waals surface area contributed by atoms with Crippen LogP contribution in [0.1, 0.15) is 36.8 Å². The molecule has 84 valence electrons. The van der Waals surface area contributed by atoms with E-state index in [1.54, 1.807) is 7.11 Å². The molecule has 2 N–H and O–H groups in total. The minimum atomic E-state index is 0.518. The van der Waals surface area contributed by atoms with E-state index in [9.17, 15) is 0 Å². The molecule has 1 aromatic rings. The van der Waals surface area contributed by atoms with Gasteiger partial charge in [-0.25, -0.2) is 0 Å². The number of benzene rings is 1. The Morgan fingerprint density at radius 1 is 1.40 bits per heavy atom. The summed E-state index contributed by atoms with van der Waals surface area (Å²) in [4.78, 5) is 0. The van der Waals surface area contributed by atoms with Gasteiger partial charge in [-0.2, -0.15) is 0 Å². The molecule has 1 aromatic carbocycles. The van der Waals surface area contributed by atoms with Crippen LogP contribution >= 0.6 is 0 Å². The van der Waals surface area contributed by atoms with Crippen LogP contribution in [0, 0.1) is 6.92 Å². The highest BCUT2D eigenvalue weighted by Crippen LogP contribution is 2.32. The molecule has 1 atom stereocenters. The smallest absolute Gasteiger partial charge is 0.122 e. The zero-order chi connectivity index (χ0) is 11.3. The van der Waals surface area contributed by atoms with Crippen molar-refractivity contribution in [2.45, 2.75) is 32.6 Å². The zero-order valence-corrected chi connectivity index (χ0v) is 9.92. The van der Waals surface area contributed by atoms with Crippen LogP contribution in [-0.2, 0) is 0 Å². The second kappa shape index (κ2) is 5.76. The number of hydrogen-bond acceptors (Lipinski definition) is 2. The predicted octanol–water partition coefficient (Wildman–Crippen LogP) is 2.85. The van der Waals surface area contributed by atoms with Crippen LogP contribution in [0.15, 0.2) is 18.2 Å². The number of methoxy groups -OCH3 is 1. The Morgan fingerprint density at radius 2 is 2.13 bits per heavy atom. The molecule has 1 unspecified atom stereocenters. The molecular weight excluding hydrogens is 186 g/mol. The topological polar surface area (TPSA) is 35.2 Å². The predicted molar refractivity (Wildman–Crippen MR) is 64.4 cm³/mol. The molecule has 0 bridgehead atoms. The minimum absolute atomic E-state index is 0.518. The third kappa shape index (κ3) is 2.96. The molecule has 0 aromatic heterocycles. The van der Waals surface area contributed by atoms with Gasteiger partial charge in [-0.3, -0.25) is 0 Å². The summed E-state index contributed by atoms with van der Waals surface area (Å²) >= 11 is 0. The number of hydrogen-bond donors (Lipinski definition) is 1. The Kier molecular flexibility index (Phi) is 4.63. The first-order valence-electron chi connectivity index (χ1n) is 5.54. The fourth-order valence-corrected chi connectivity index (χ4v) is 2.03. The molecule has 0 aliphatic heterocycles. The standard InChI is InChI=1S/C13H21NO/c1-10-6-4-8-12(15-3)13(10)11(2)7-5-9-14/h4,6,8,11H,5,7,9,14H2,1-3H3. The van der Waals surface area contributed by atoms with Crippen molar-refractivity contribution in [2.75, 3.05) is 13.7 Å². The van der Waals surface area contributed by atoms with E-state index in [0.29, 0.717) is 5.92 Å². The second-order valence-electron chi connectivity index (χ2n) is 4.02. The van der Waals surface area contributed by atoms with Crippen molar-refractivity contribution in [1.29, 1.82) is 0 Å².